The van der Waals surface area contributed by atoms with Gasteiger partial charge in [0.25, 0.3) is 0 Å². The number of benzene rings is 2. The van der Waals surface area contributed by atoms with Gasteiger partial charge >= 0.3 is 0 Å². The smallest absolute Gasteiger partial charge is 0.191 e. The van der Waals surface area contributed by atoms with E-state index >= 15 is 0 Å². The Hall–Kier alpha value is -2.43. The molecule has 0 saturated carbocycles. The van der Waals surface area contributed by atoms with Crippen LogP contribution in [0, 0.1) is 11.6 Å². The molecule has 0 amide bonds. The zero-order valence-corrected chi connectivity index (χ0v) is 12.4. The van der Waals surface area contributed by atoms with Gasteiger partial charge in [-0.25, -0.2) is 8.78 Å². The molecule has 0 heterocycles. The number of halogens is 2. The molecule has 2 N–H and O–H groups in total. The third-order valence-corrected chi connectivity index (χ3v) is 3.24. The van der Waals surface area contributed by atoms with Crippen molar-refractivity contribution in [2.24, 2.45) is 4.99 Å². The molecular formula is C17H19F2N3. The molecule has 0 aliphatic carbocycles. The maximum absolute atomic E-state index is 13.5. The van der Waals surface area contributed by atoms with Gasteiger partial charge in [0.15, 0.2) is 5.96 Å². The van der Waals surface area contributed by atoms with Crippen molar-refractivity contribution in [2.45, 2.75) is 13.0 Å². The van der Waals surface area contributed by atoms with Crippen LogP contribution in [-0.2, 0) is 13.0 Å². The summed E-state index contributed by atoms with van der Waals surface area (Å²) in [4.78, 5) is 4.10. The number of nitrogens with one attached hydrogen (secondary N) is 2. The highest BCUT2D eigenvalue weighted by molar-refractivity contribution is 5.79. The van der Waals surface area contributed by atoms with Gasteiger partial charge in [0.2, 0.25) is 0 Å². The summed E-state index contributed by atoms with van der Waals surface area (Å²) >= 11 is 0. The van der Waals surface area contributed by atoms with Crippen LogP contribution in [0.15, 0.2) is 53.5 Å². The molecule has 0 saturated heterocycles. The molecule has 0 bridgehead atoms. The number of rotatable bonds is 5. The first kappa shape index (κ1) is 15.9. The largest absolute Gasteiger partial charge is 0.356 e. The second kappa shape index (κ2) is 8.12. The quantitative estimate of drug-likeness (QED) is 0.658. The number of nitrogens with zero attached hydrogens (tertiary/aromatic N) is 1. The molecule has 3 nitrogen and oxygen atoms in total. The third-order valence-electron chi connectivity index (χ3n) is 3.24. The first-order valence-corrected chi connectivity index (χ1v) is 7.11. The summed E-state index contributed by atoms with van der Waals surface area (Å²) < 4.78 is 26.3. The fourth-order valence-corrected chi connectivity index (χ4v) is 2.03. The molecule has 116 valence electrons. The minimum atomic E-state index is -0.254. The Morgan fingerprint density at radius 1 is 1.00 bits per heavy atom. The van der Waals surface area contributed by atoms with Crippen molar-refractivity contribution in [3.63, 3.8) is 0 Å². The minimum Gasteiger partial charge on any atom is -0.356 e. The van der Waals surface area contributed by atoms with Crippen LogP contribution in [0.4, 0.5) is 8.78 Å². The number of hydrogen-bond donors (Lipinski definition) is 2. The summed E-state index contributed by atoms with van der Waals surface area (Å²) in [6, 6.07) is 13.0. The van der Waals surface area contributed by atoms with Crippen LogP contribution in [-0.4, -0.2) is 19.6 Å². The van der Waals surface area contributed by atoms with Gasteiger partial charge in [0, 0.05) is 20.1 Å². The van der Waals surface area contributed by atoms with E-state index in [1.807, 2.05) is 6.07 Å². The van der Waals surface area contributed by atoms with Crippen molar-refractivity contribution in [3.8, 4) is 0 Å². The van der Waals surface area contributed by atoms with Gasteiger partial charge in [-0.15, -0.1) is 0 Å². The second-order valence-corrected chi connectivity index (χ2v) is 4.82. The van der Waals surface area contributed by atoms with Gasteiger partial charge in [0.05, 0.1) is 0 Å². The second-order valence-electron chi connectivity index (χ2n) is 4.82. The molecular weight excluding hydrogens is 284 g/mol. The zero-order chi connectivity index (χ0) is 15.8. The molecule has 0 fully saturated rings. The maximum atomic E-state index is 13.5. The van der Waals surface area contributed by atoms with Gasteiger partial charge in [-0.2, -0.15) is 0 Å². The molecule has 2 aromatic carbocycles. The highest BCUT2D eigenvalue weighted by atomic mass is 19.1. The van der Waals surface area contributed by atoms with Crippen LogP contribution >= 0.6 is 0 Å². The fourth-order valence-electron chi connectivity index (χ4n) is 2.03. The lowest BCUT2D eigenvalue weighted by Crippen LogP contribution is -2.37. The van der Waals surface area contributed by atoms with E-state index in [1.54, 1.807) is 31.3 Å². The standard InChI is InChI=1S/C17H19F2N3/c1-20-17(22-12-13-6-8-15(18)9-7-13)21-11-10-14-4-2-3-5-16(14)19/h2-9H,10-12H2,1H3,(H2,20,21,22). The Bertz CT molecular complexity index is 624. The van der Waals surface area contributed by atoms with Crippen LogP contribution in [0.3, 0.4) is 0 Å². The summed E-state index contributed by atoms with van der Waals surface area (Å²) in [5.74, 6) is 0.176. The first-order chi connectivity index (χ1) is 10.7. The number of guanidine groups is 1. The minimum absolute atomic E-state index is 0.196. The van der Waals surface area contributed by atoms with E-state index in [1.165, 1.54) is 18.2 Å². The van der Waals surface area contributed by atoms with Gasteiger partial charge in [-0.1, -0.05) is 30.3 Å². The highest BCUT2D eigenvalue weighted by Crippen LogP contribution is 2.06. The summed E-state index contributed by atoms with van der Waals surface area (Å²) in [7, 11) is 1.67. The Morgan fingerprint density at radius 3 is 2.41 bits per heavy atom. The molecule has 0 aliphatic rings. The van der Waals surface area contributed by atoms with Crippen LogP contribution in [0.2, 0.25) is 0 Å². The third kappa shape index (κ3) is 4.84. The number of hydrogen-bond acceptors (Lipinski definition) is 1. The molecule has 2 rings (SSSR count). The molecule has 0 aliphatic heterocycles. The monoisotopic (exact) mass is 303 g/mol. The van der Waals surface area contributed by atoms with Crippen molar-refractivity contribution in [1.29, 1.82) is 0 Å². The van der Waals surface area contributed by atoms with Crippen LogP contribution in [0.1, 0.15) is 11.1 Å². The van der Waals surface area contributed by atoms with E-state index in [2.05, 4.69) is 15.6 Å². The van der Waals surface area contributed by atoms with Crippen molar-refractivity contribution < 1.29 is 8.78 Å². The molecule has 2 aromatic rings. The fraction of sp³-hybridized carbons (Fsp3) is 0.235. The van der Waals surface area contributed by atoms with E-state index in [-0.39, 0.29) is 11.6 Å². The van der Waals surface area contributed by atoms with Crippen molar-refractivity contribution in [1.82, 2.24) is 10.6 Å². The Balaban J connectivity index is 1.78. The maximum Gasteiger partial charge on any atom is 0.191 e. The predicted molar refractivity (Wildman–Crippen MR) is 84.7 cm³/mol. The molecule has 0 unspecified atom stereocenters. The number of aliphatic imine (C=N–C) groups is 1. The predicted octanol–water partition coefficient (Wildman–Crippen LogP) is 2.87. The molecule has 5 heteroatoms. The zero-order valence-electron chi connectivity index (χ0n) is 12.4. The average molecular weight is 303 g/mol. The van der Waals surface area contributed by atoms with Crippen LogP contribution in [0.5, 0.6) is 0 Å². The van der Waals surface area contributed by atoms with Crippen molar-refractivity contribution in [2.75, 3.05) is 13.6 Å². The van der Waals surface area contributed by atoms with Crippen LogP contribution in [0.25, 0.3) is 0 Å². The molecule has 22 heavy (non-hydrogen) atoms. The van der Waals surface area contributed by atoms with Gasteiger partial charge in [0.1, 0.15) is 11.6 Å². The normalized spacial score (nSPS) is 11.3. The van der Waals surface area contributed by atoms with Gasteiger partial charge < -0.3 is 10.6 Å². The van der Waals surface area contributed by atoms with Gasteiger partial charge in [-0.05, 0) is 35.7 Å². The Kier molecular flexibility index (Phi) is 5.89. The molecule has 0 radical (unpaired) electrons. The molecule has 0 atom stereocenters. The SMILES string of the molecule is CN=C(NCCc1ccccc1F)NCc1ccc(F)cc1. The van der Waals surface area contributed by atoms with Crippen molar-refractivity contribution >= 4 is 5.96 Å². The summed E-state index contributed by atoms with van der Waals surface area (Å²) in [6.45, 7) is 1.11. The van der Waals surface area contributed by atoms with Crippen LogP contribution < -0.4 is 10.6 Å². The Morgan fingerprint density at radius 2 is 1.73 bits per heavy atom. The Labute approximate surface area is 129 Å². The highest BCUT2D eigenvalue weighted by Gasteiger charge is 2.02. The van der Waals surface area contributed by atoms with E-state index in [0.717, 1.165) is 5.56 Å². The van der Waals surface area contributed by atoms with E-state index in [9.17, 15) is 8.78 Å². The summed E-state index contributed by atoms with van der Waals surface area (Å²) in [6.07, 6.45) is 0.573. The summed E-state index contributed by atoms with van der Waals surface area (Å²) in [5.41, 5.74) is 1.63. The molecule has 0 aromatic heterocycles. The lowest BCUT2D eigenvalue weighted by Gasteiger charge is -2.12. The van der Waals surface area contributed by atoms with E-state index in [0.29, 0.717) is 31.0 Å². The van der Waals surface area contributed by atoms with E-state index < -0.39 is 0 Å². The first-order valence-electron chi connectivity index (χ1n) is 7.11. The van der Waals surface area contributed by atoms with Gasteiger partial charge in [-0.3, -0.25) is 4.99 Å². The van der Waals surface area contributed by atoms with Crippen molar-refractivity contribution in [3.05, 3.63) is 71.3 Å². The molecule has 0 spiro atoms. The topological polar surface area (TPSA) is 36.4 Å². The van der Waals surface area contributed by atoms with E-state index in [4.69, 9.17) is 0 Å². The lowest BCUT2D eigenvalue weighted by atomic mass is 10.1. The lowest BCUT2D eigenvalue weighted by molar-refractivity contribution is 0.606. The average Bonchev–Trinajstić information content (AvgIpc) is 2.54. The summed E-state index contributed by atoms with van der Waals surface area (Å²) in [5, 5.41) is 6.25.